The van der Waals surface area contributed by atoms with Crippen LogP contribution in [0.15, 0.2) is 146 Å². The Morgan fingerprint density at radius 3 is 1.92 bits per heavy atom. The maximum Gasteiger partial charge on any atom is 0.137 e. The number of pyridine rings is 1. The Kier molecular flexibility index (Phi) is 12.6. The molecule has 0 N–H and O–H groups in total. The molecule has 0 saturated carbocycles. The number of para-hydroxylation sites is 3. The summed E-state index contributed by atoms with van der Waals surface area (Å²) in [6, 6.07) is 47.2. The molecule has 1 aliphatic rings. The largest absolute Gasteiger partial charge is 0.457 e. The Morgan fingerprint density at radius 2 is 1.24 bits per heavy atom. The van der Waals surface area contributed by atoms with Crippen LogP contribution in [0.5, 0.6) is 11.5 Å². The Morgan fingerprint density at radius 1 is 0.569 bits per heavy atom. The Bertz CT molecular complexity index is 3510. The fourth-order valence-electron chi connectivity index (χ4n) is 11.1. The molecule has 0 spiro atoms. The lowest BCUT2D eigenvalue weighted by molar-refractivity contribution is 0.483. The highest BCUT2D eigenvalue weighted by atomic mass is 19.1. The van der Waals surface area contributed by atoms with Crippen molar-refractivity contribution < 1.29 is 13.5 Å². The van der Waals surface area contributed by atoms with Crippen molar-refractivity contribution in [3.05, 3.63) is 191 Å². The van der Waals surface area contributed by atoms with Gasteiger partial charge in [-0.1, -0.05) is 125 Å². The van der Waals surface area contributed by atoms with Crippen molar-refractivity contribution in [3.63, 3.8) is 0 Å². The van der Waals surface area contributed by atoms with Crippen molar-refractivity contribution in [1.82, 2.24) is 9.55 Å². The van der Waals surface area contributed by atoms with E-state index < -0.39 is 11.6 Å². The van der Waals surface area contributed by atoms with Crippen LogP contribution >= 0.6 is 0 Å². The van der Waals surface area contributed by atoms with Crippen molar-refractivity contribution >= 4 is 44.6 Å². The number of aromatic nitrogens is 2. The summed E-state index contributed by atoms with van der Waals surface area (Å²) in [6.45, 7) is 27.1. The third-order valence-corrected chi connectivity index (χ3v) is 14.7. The van der Waals surface area contributed by atoms with E-state index in [9.17, 15) is 4.39 Å². The molecule has 7 heteroatoms. The van der Waals surface area contributed by atoms with Gasteiger partial charge in [0.1, 0.15) is 35.6 Å². The van der Waals surface area contributed by atoms with Crippen molar-refractivity contribution in [3.8, 4) is 39.6 Å². The van der Waals surface area contributed by atoms with Gasteiger partial charge in [0.05, 0.1) is 28.1 Å². The van der Waals surface area contributed by atoms with Gasteiger partial charge in [0.2, 0.25) is 0 Å². The first-order valence-electron chi connectivity index (χ1n) is 25.6. The van der Waals surface area contributed by atoms with Gasteiger partial charge in [0.25, 0.3) is 0 Å². The lowest BCUT2D eigenvalue weighted by Gasteiger charge is -2.32. The van der Waals surface area contributed by atoms with Crippen LogP contribution in [0.1, 0.15) is 133 Å². The molecular formula is C65H66F2N4O. The number of anilines is 4. The number of ether oxygens (including phenoxy) is 1. The molecule has 10 rings (SSSR count). The molecule has 0 amide bonds. The van der Waals surface area contributed by atoms with Gasteiger partial charge >= 0.3 is 0 Å². The van der Waals surface area contributed by atoms with Crippen molar-refractivity contribution in [2.45, 2.75) is 112 Å². The lowest BCUT2D eigenvalue weighted by atomic mass is 9.83. The summed E-state index contributed by atoms with van der Waals surface area (Å²) >= 11 is 0. The summed E-state index contributed by atoms with van der Waals surface area (Å²) in [7, 11) is 0. The van der Waals surface area contributed by atoms with E-state index in [4.69, 9.17) is 9.72 Å². The van der Waals surface area contributed by atoms with Crippen LogP contribution < -0.4 is 14.5 Å². The van der Waals surface area contributed by atoms with E-state index in [2.05, 4.69) is 219 Å². The number of rotatable bonds is 11. The van der Waals surface area contributed by atoms with E-state index in [0.29, 0.717) is 6.67 Å². The van der Waals surface area contributed by atoms with Crippen LogP contribution in [-0.2, 0) is 5.41 Å². The van der Waals surface area contributed by atoms with E-state index in [1.54, 1.807) is 0 Å². The van der Waals surface area contributed by atoms with Crippen molar-refractivity contribution in [1.29, 1.82) is 0 Å². The SMILES string of the molecule is Cc1c(-c2cc(F)ccc2F)cc(C(C)C)c(N2CN(c3cc(Oc4ccc5c6ccccc6n(-c6cc(C(C)(C)C)ccn6)c5c4)cc(-c4c(C(C)C)cccc4C(C)C)c3)c3ccccc32)c1C(C)C. The third-order valence-electron chi connectivity index (χ3n) is 14.7. The molecule has 0 bridgehead atoms. The van der Waals surface area contributed by atoms with Crippen LogP contribution in [0.2, 0.25) is 0 Å². The number of fused-ring (bicyclic) bond motifs is 4. The number of benzene rings is 7. The monoisotopic (exact) mass is 957 g/mol. The number of halogens is 2. The van der Waals surface area contributed by atoms with E-state index in [-0.39, 0.29) is 34.7 Å². The molecule has 7 aromatic carbocycles. The first-order chi connectivity index (χ1) is 34.4. The van der Waals surface area contributed by atoms with Gasteiger partial charge in [0.15, 0.2) is 0 Å². The van der Waals surface area contributed by atoms with Crippen LogP contribution in [0.4, 0.5) is 31.5 Å². The molecule has 72 heavy (non-hydrogen) atoms. The summed E-state index contributed by atoms with van der Waals surface area (Å²) < 4.78 is 39.9. The smallest absolute Gasteiger partial charge is 0.137 e. The third kappa shape index (κ3) is 8.61. The van der Waals surface area contributed by atoms with Gasteiger partial charge in [-0.2, -0.15) is 0 Å². The summed E-state index contributed by atoms with van der Waals surface area (Å²) in [5.74, 6) is 2.14. The zero-order valence-corrected chi connectivity index (χ0v) is 43.8. The quantitative estimate of drug-likeness (QED) is 0.129. The minimum absolute atomic E-state index is 0.0497. The first kappa shape index (κ1) is 48.4. The van der Waals surface area contributed by atoms with Gasteiger partial charge in [-0.05, 0) is 165 Å². The number of hydrogen-bond donors (Lipinski definition) is 0. The second kappa shape index (κ2) is 18.7. The molecule has 1 aliphatic heterocycles. The molecule has 9 aromatic rings. The van der Waals surface area contributed by atoms with Gasteiger partial charge in [-0.25, -0.2) is 13.8 Å². The molecule has 0 radical (unpaired) electrons. The summed E-state index contributed by atoms with van der Waals surface area (Å²) in [4.78, 5) is 9.78. The highest BCUT2D eigenvalue weighted by Crippen LogP contribution is 2.52. The second-order valence-electron chi connectivity index (χ2n) is 21.9. The Hall–Kier alpha value is -7.25. The van der Waals surface area contributed by atoms with Crippen LogP contribution in [0, 0.1) is 18.6 Å². The van der Waals surface area contributed by atoms with Crippen LogP contribution in [0.25, 0.3) is 49.9 Å². The molecule has 0 aliphatic carbocycles. The van der Waals surface area contributed by atoms with Crippen molar-refractivity contribution in [2.24, 2.45) is 0 Å². The number of nitrogens with zero attached hydrogens (tertiary/aromatic N) is 4. The molecule has 0 fully saturated rings. The standard InChI is InChI=1S/C65H66F2N4O/c1-38(2)49-19-17-20-50(39(3)4)63(49)43-30-46(34-48(31-43)72-47-25-26-52-51-18-13-14-21-57(51)71(60(52)35-47)61-32-44(28-29-68-61)65(10,11)12)69-37-70(59-23-16-15-22-58(59)69)64-53(40(5)6)36-54(42(9)62(64)41(7)8)55-33-45(66)24-27-56(55)67/h13-36,38-41H,37H2,1-12H3. The van der Waals surface area contributed by atoms with E-state index in [1.165, 1.54) is 40.5 Å². The van der Waals surface area contributed by atoms with Gasteiger partial charge in [-0.3, -0.25) is 4.57 Å². The molecule has 3 heterocycles. The molecular weight excluding hydrogens is 891 g/mol. The molecule has 2 aromatic heterocycles. The molecule has 0 unspecified atom stereocenters. The highest BCUT2D eigenvalue weighted by Gasteiger charge is 2.34. The van der Waals surface area contributed by atoms with Gasteiger partial charge < -0.3 is 14.5 Å². The zero-order valence-electron chi connectivity index (χ0n) is 43.8. The van der Waals surface area contributed by atoms with E-state index in [1.807, 2.05) is 6.20 Å². The van der Waals surface area contributed by atoms with E-state index >= 15 is 4.39 Å². The first-order valence-corrected chi connectivity index (χ1v) is 25.6. The predicted molar refractivity (Wildman–Crippen MR) is 298 cm³/mol. The zero-order chi connectivity index (χ0) is 50.9. The summed E-state index contributed by atoms with van der Waals surface area (Å²) in [5.41, 5.74) is 16.6. The predicted octanol–water partition coefficient (Wildman–Crippen LogP) is 18.9. The van der Waals surface area contributed by atoms with Gasteiger partial charge in [-0.15, -0.1) is 0 Å². The molecule has 5 nitrogen and oxygen atoms in total. The Labute approximate surface area is 424 Å². The average Bonchev–Trinajstić information content (AvgIpc) is 3.90. The fourth-order valence-corrected chi connectivity index (χ4v) is 11.1. The normalized spacial score (nSPS) is 13.0. The van der Waals surface area contributed by atoms with Crippen LogP contribution in [0.3, 0.4) is 0 Å². The maximum atomic E-state index is 15.7. The molecule has 0 atom stereocenters. The summed E-state index contributed by atoms with van der Waals surface area (Å²) in [6.07, 6.45) is 1.92. The topological polar surface area (TPSA) is 33.5 Å². The molecule has 0 saturated heterocycles. The minimum atomic E-state index is -0.457. The minimum Gasteiger partial charge on any atom is -0.457 e. The lowest BCUT2D eigenvalue weighted by Crippen LogP contribution is -2.26. The Balaban J connectivity index is 1.16. The highest BCUT2D eigenvalue weighted by molar-refractivity contribution is 6.09. The average molecular weight is 957 g/mol. The van der Waals surface area contributed by atoms with Gasteiger partial charge in [0, 0.05) is 40.4 Å². The van der Waals surface area contributed by atoms with E-state index in [0.717, 1.165) is 89.7 Å². The maximum absolute atomic E-state index is 15.7. The summed E-state index contributed by atoms with van der Waals surface area (Å²) in [5, 5.41) is 2.28. The second-order valence-corrected chi connectivity index (χ2v) is 21.9. The van der Waals surface area contributed by atoms with Crippen LogP contribution in [-0.4, -0.2) is 16.2 Å². The molecule has 366 valence electrons. The van der Waals surface area contributed by atoms with Crippen molar-refractivity contribution in [2.75, 3.05) is 16.5 Å². The number of hydrogen-bond acceptors (Lipinski definition) is 4. The fraction of sp³-hybridized carbons (Fsp3) is 0.277.